The lowest BCUT2D eigenvalue weighted by molar-refractivity contribution is 0.377. The number of rotatable bonds is 2. The second-order valence-electron chi connectivity index (χ2n) is 6.60. The van der Waals surface area contributed by atoms with Gasteiger partial charge in [0.1, 0.15) is 0 Å². The summed E-state index contributed by atoms with van der Waals surface area (Å²) in [7, 11) is 0. The molecule has 4 heterocycles. The fourth-order valence-corrected chi connectivity index (χ4v) is 5.06. The number of benzene rings is 1. The second-order valence-corrected chi connectivity index (χ2v) is 7.85. The summed E-state index contributed by atoms with van der Waals surface area (Å²) in [6.07, 6.45) is 2.82. The summed E-state index contributed by atoms with van der Waals surface area (Å²) in [6, 6.07) is 10.0. The first-order valence-corrected chi connectivity index (χ1v) is 9.40. The van der Waals surface area contributed by atoms with Gasteiger partial charge in [0.2, 0.25) is 11.7 Å². The molecule has 1 atom stereocenters. The maximum atomic E-state index is 12.6. The minimum absolute atomic E-state index is 0.0136. The first-order chi connectivity index (χ1) is 12.2. The molecular formula is C19H17N3O2S. The summed E-state index contributed by atoms with van der Waals surface area (Å²) in [5.41, 5.74) is 3.96. The number of aromatic nitrogens is 3. The molecule has 0 amide bonds. The van der Waals surface area contributed by atoms with Crippen LogP contribution in [0.3, 0.4) is 0 Å². The number of hydrogen-bond donors (Lipinski definition) is 0. The van der Waals surface area contributed by atoms with Crippen LogP contribution in [-0.4, -0.2) is 14.7 Å². The molecule has 0 bridgehead atoms. The number of fused-ring (bicyclic) bond motifs is 2. The SMILES string of the molecule is Cc1cc(=O)c(-c2noc(C3Cc4ccccc4S3)n2)c2n1CCC2. The van der Waals surface area contributed by atoms with Crippen LogP contribution in [0.1, 0.15) is 34.5 Å². The molecule has 2 aliphatic heterocycles. The Morgan fingerprint density at radius 1 is 1.32 bits per heavy atom. The van der Waals surface area contributed by atoms with Gasteiger partial charge >= 0.3 is 0 Å². The highest BCUT2D eigenvalue weighted by Crippen LogP contribution is 2.45. The molecule has 2 aromatic heterocycles. The zero-order valence-corrected chi connectivity index (χ0v) is 14.7. The molecule has 0 saturated carbocycles. The van der Waals surface area contributed by atoms with Crippen LogP contribution in [0.2, 0.25) is 0 Å². The summed E-state index contributed by atoms with van der Waals surface area (Å²) in [6.45, 7) is 2.93. The lowest BCUT2D eigenvalue weighted by atomic mass is 10.1. The van der Waals surface area contributed by atoms with E-state index in [0.29, 0.717) is 17.3 Å². The van der Waals surface area contributed by atoms with E-state index in [9.17, 15) is 4.79 Å². The van der Waals surface area contributed by atoms with Crippen molar-refractivity contribution < 1.29 is 4.52 Å². The van der Waals surface area contributed by atoms with E-state index in [1.807, 2.05) is 13.0 Å². The Balaban J connectivity index is 1.53. The van der Waals surface area contributed by atoms with Gasteiger partial charge in [-0.3, -0.25) is 4.79 Å². The molecule has 3 aromatic rings. The van der Waals surface area contributed by atoms with Crippen LogP contribution >= 0.6 is 11.8 Å². The van der Waals surface area contributed by atoms with E-state index >= 15 is 0 Å². The van der Waals surface area contributed by atoms with Crippen molar-refractivity contribution in [3.8, 4) is 11.4 Å². The number of pyridine rings is 1. The Hall–Kier alpha value is -2.34. The molecule has 0 radical (unpaired) electrons. The zero-order valence-electron chi connectivity index (χ0n) is 13.9. The molecule has 0 saturated heterocycles. The van der Waals surface area contributed by atoms with Crippen molar-refractivity contribution in [1.82, 2.24) is 14.7 Å². The Labute approximate surface area is 149 Å². The molecule has 0 fully saturated rings. The number of nitrogens with zero attached hydrogens (tertiary/aromatic N) is 3. The molecular weight excluding hydrogens is 334 g/mol. The molecule has 1 unspecified atom stereocenters. The summed E-state index contributed by atoms with van der Waals surface area (Å²) in [4.78, 5) is 18.4. The fraction of sp³-hybridized carbons (Fsp3) is 0.316. The number of hydrogen-bond acceptors (Lipinski definition) is 5. The van der Waals surface area contributed by atoms with E-state index in [4.69, 9.17) is 4.52 Å². The van der Waals surface area contributed by atoms with Crippen molar-refractivity contribution in [1.29, 1.82) is 0 Å². The van der Waals surface area contributed by atoms with Crippen LogP contribution in [0.5, 0.6) is 0 Å². The minimum atomic E-state index is -0.0136. The highest BCUT2D eigenvalue weighted by Gasteiger charge is 2.30. The summed E-state index contributed by atoms with van der Waals surface area (Å²) in [5, 5.41) is 4.27. The molecule has 0 spiro atoms. The first-order valence-electron chi connectivity index (χ1n) is 8.52. The van der Waals surface area contributed by atoms with E-state index in [2.05, 4.69) is 32.9 Å². The van der Waals surface area contributed by atoms with Gasteiger partial charge in [0, 0.05) is 28.9 Å². The molecule has 6 heteroatoms. The molecule has 126 valence electrons. The van der Waals surface area contributed by atoms with Crippen LogP contribution in [0.25, 0.3) is 11.4 Å². The normalized spacial score (nSPS) is 18.4. The predicted molar refractivity (Wildman–Crippen MR) is 95.8 cm³/mol. The van der Waals surface area contributed by atoms with Gasteiger partial charge < -0.3 is 9.09 Å². The van der Waals surface area contributed by atoms with Gasteiger partial charge in [0.05, 0.1) is 10.8 Å². The summed E-state index contributed by atoms with van der Waals surface area (Å²) >= 11 is 1.75. The van der Waals surface area contributed by atoms with Gasteiger partial charge in [-0.25, -0.2) is 0 Å². The Morgan fingerprint density at radius 2 is 2.20 bits per heavy atom. The second kappa shape index (κ2) is 5.59. The van der Waals surface area contributed by atoms with E-state index in [0.717, 1.165) is 37.2 Å². The van der Waals surface area contributed by atoms with Crippen molar-refractivity contribution in [2.45, 2.75) is 42.9 Å². The topological polar surface area (TPSA) is 60.9 Å². The average molecular weight is 351 g/mol. The van der Waals surface area contributed by atoms with Gasteiger partial charge in [-0.05, 0) is 37.8 Å². The molecule has 25 heavy (non-hydrogen) atoms. The van der Waals surface area contributed by atoms with Crippen LogP contribution in [0, 0.1) is 6.92 Å². The zero-order chi connectivity index (χ0) is 17.0. The maximum Gasteiger partial charge on any atom is 0.240 e. The van der Waals surface area contributed by atoms with Crippen molar-refractivity contribution in [3.63, 3.8) is 0 Å². The maximum absolute atomic E-state index is 12.6. The lowest BCUT2D eigenvalue weighted by Crippen LogP contribution is -2.15. The van der Waals surface area contributed by atoms with Gasteiger partial charge in [0.15, 0.2) is 5.43 Å². The monoisotopic (exact) mass is 351 g/mol. The van der Waals surface area contributed by atoms with Crippen molar-refractivity contribution in [3.05, 3.63) is 63.4 Å². The average Bonchev–Trinajstić information content (AvgIpc) is 3.33. The van der Waals surface area contributed by atoms with E-state index in [-0.39, 0.29) is 10.7 Å². The van der Waals surface area contributed by atoms with Crippen LogP contribution < -0.4 is 5.43 Å². The minimum Gasteiger partial charge on any atom is -0.348 e. The van der Waals surface area contributed by atoms with Crippen molar-refractivity contribution in [2.75, 3.05) is 0 Å². The van der Waals surface area contributed by atoms with Crippen LogP contribution in [-0.2, 0) is 19.4 Å². The number of aryl methyl sites for hydroxylation is 1. The molecule has 1 aromatic carbocycles. The van der Waals surface area contributed by atoms with E-state index in [1.54, 1.807) is 17.8 Å². The largest absolute Gasteiger partial charge is 0.348 e. The smallest absolute Gasteiger partial charge is 0.240 e. The number of thioether (sulfide) groups is 1. The summed E-state index contributed by atoms with van der Waals surface area (Å²) in [5.74, 6) is 1.04. The molecule has 0 N–H and O–H groups in total. The molecule has 2 aliphatic rings. The standard InChI is InChI=1S/C19H17N3O2S/c1-11-9-14(23)17(13-6-4-8-22(11)13)18-20-19(24-21-18)16-10-12-5-2-3-7-15(12)25-16/h2-3,5,7,9,16H,4,6,8,10H2,1H3. The third-order valence-electron chi connectivity index (χ3n) is 5.01. The lowest BCUT2D eigenvalue weighted by Gasteiger charge is -2.10. The van der Waals surface area contributed by atoms with Gasteiger partial charge in [0.25, 0.3) is 0 Å². The molecule has 5 rings (SSSR count). The van der Waals surface area contributed by atoms with Gasteiger partial charge in [-0.15, -0.1) is 11.8 Å². The third-order valence-corrected chi connectivity index (χ3v) is 6.31. The fourth-order valence-electron chi connectivity index (χ4n) is 3.83. The van der Waals surface area contributed by atoms with E-state index in [1.165, 1.54) is 10.5 Å². The highest BCUT2D eigenvalue weighted by molar-refractivity contribution is 7.99. The molecule has 0 aliphatic carbocycles. The van der Waals surface area contributed by atoms with Gasteiger partial charge in [-0.2, -0.15) is 4.98 Å². The Kier molecular flexibility index (Phi) is 3.35. The van der Waals surface area contributed by atoms with Crippen LogP contribution in [0.4, 0.5) is 0 Å². The first kappa shape index (κ1) is 15.0. The van der Waals surface area contributed by atoms with Crippen LogP contribution in [0.15, 0.2) is 44.5 Å². The van der Waals surface area contributed by atoms with Crippen molar-refractivity contribution in [2.24, 2.45) is 0 Å². The third kappa shape index (κ3) is 2.35. The Morgan fingerprint density at radius 3 is 3.08 bits per heavy atom. The Bertz CT molecular complexity index is 1010. The van der Waals surface area contributed by atoms with E-state index < -0.39 is 0 Å². The predicted octanol–water partition coefficient (Wildman–Crippen LogP) is 3.54. The quantitative estimate of drug-likeness (QED) is 0.707. The highest BCUT2D eigenvalue weighted by atomic mass is 32.2. The van der Waals surface area contributed by atoms with Gasteiger partial charge in [-0.1, -0.05) is 23.4 Å². The molecule has 5 nitrogen and oxygen atoms in total. The van der Waals surface area contributed by atoms with Crippen molar-refractivity contribution >= 4 is 11.8 Å². The summed E-state index contributed by atoms with van der Waals surface area (Å²) < 4.78 is 7.75.